The van der Waals surface area contributed by atoms with Crippen LogP contribution in [0.2, 0.25) is 0 Å². The number of thioether (sulfide) groups is 1. The number of hydrazine groups is 1. The van der Waals surface area contributed by atoms with E-state index >= 15 is 0 Å². The van der Waals surface area contributed by atoms with Crippen LogP contribution in [0.15, 0.2) is 64.3 Å². The highest BCUT2D eigenvalue weighted by Gasteiger charge is 2.14. The van der Waals surface area contributed by atoms with E-state index in [9.17, 15) is 4.79 Å². The van der Waals surface area contributed by atoms with Crippen LogP contribution in [-0.4, -0.2) is 48.2 Å². The summed E-state index contributed by atoms with van der Waals surface area (Å²) in [5.74, 6) is 5.24. The number of rotatable bonds is 10. The van der Waals surface area contributed by atoms with Gasteiger partial charge in [0.05, 0.1) is 11.2 Å². The van der Waals surface area contributed by atoms with Gasteiger partial charge in [-0.05, 0) is 39.5 Å². The number of likely N-dealkylation sites (N-methyl/N-ethyl adjacent to an activating group) is 1. The summed E-state index contributed by atoms with van der Waals surface area (Å²) >= 11 is 1.42. The maximum absolute atomic E-state index is 12.1. The van der Waals surface area contributed by atoms with Crippen molar-refractivity contribution in [1.82, 2.24) is 9.91 Å². The summed E-state index contributed by atoms with van der Waals surface area (Å²) in [5.41, 5.74) is 1.87. The lowest BCUT2D eigenvalue weighted by atomic mass is 10.2. The number of nitrogens with one attached hydrogen (secondary N) is 1. The highest BCUT2D eigenvalue weighted by atomic mass is 32.2. The number of amides is 1. The second kappa shape index (κ2) is 18.0. The Kier molecular flexibility index (Phi) is 17.9. The van der Waals surface area contributed by atoms with Crippen LogP contribution in [0.4, 0.5) is 0 Å². The summed E-state index contributed by atoms with van der Waals surface area (Å²) in [6.45, 7) is 11.9. The molecule has 0 fully saturated rings. The van der Waals surface area contributed by atoms with Crippen molar-refractivity contribution in [2.75, 3.05) is 19.8 Å². The van der Waals surface area contributed by atoms with Crippen LogP contribution in [0.25, 0.3) is 0 Å². The zero-order chi connectivity index (χ0) is 21.9. The Morgan fingerprint density at radius 2 is 1.96 bits per heavy atom. The van der Waals surface area contributed by atoms with Crippen LogP contribution in [0.5, 0.6) is 0 Å². The Bertz CT molecular complexity index is 631. The van der Waals surface area contributed by atoms with Gasteiger partial charge in [0.15, 0.2) is 0 Å². The van der Waals surface area contributed by atoms with Crippen molar-refractivity contribution >= 4 is 30.2 Å². The summed E-state index contributed by atoms with van der Waals surface area (Å²) in [6.07, 6.45) is 16.6. The molecule has 0 heterocycles. The minimum Gasteiger partial charge on any atom is -0.315 e. The molecule has 0 aromatic carbocycles. The normalized spacial score (nSPS) is 12.2. The Labute approximate surface area is 174 Å². The first-order valence-electron chi connectivity index (χ1n) is 8.95. The molecule has 0 radical (unpaired) electrons. The zero-order valence-corrected chi connectivity index (χ0v) is 18.8. The summed E-state index contributed by atoms with van der Waals surface area (Å²) in [5, 5.41) is 8.75. The van der Waals surface area contributed by atoms with E-state index in [0.29, 0.717) is 11.4 Å². The van der Waals surface area contributed by atoms with E-state index in [2.05, 4.69) is 11.6 Å². The van der Waals surface area contributed by atoms with Crippen LogP contribution in [0.1, 0.15) is 34.1 Å². The molecule has 0 rings (SSSR count). The summed E-state index contributed by atoms with van der Waals surface area (Å²) in [4.78, 5) is 18.0. The van der Waals surface area contributed by atoms with Gasteiger partial charge in [0.1, 0.15) is 0 Å². The number of aliphatic imine (C=N–C) groups is 1. The fourth-order valence-corrected chi connectivity index (χ4v) is 2.19. The van der Waals surface area contributed by atoms with Gasteiger partial charge in [-0.2, -0.15) is 0 Å². The average molecular weight is 406 g/mol. The molecule has 6 nitrogen and oxygen atoms in total. The standard InChI is InChI=1S/C14H22N2OS.C7H13N3/c1-5-8-13(18-4)14(17)16(11-15)10-7-9-12(3)6-2;1-4-9-6-5-7(2)10(3)8/h6-9,11,15H,5,10H2,1-4H3;4-6H,2,8H2,1,3H3/b9-7-,12-6-,13-8-,15-11?;6-5-,9-4?. The molecular formula is C21H35N5OS. The molecule has 3 N–H and O–H groups in total. The van der Waals surface area contributed by atoms with Gasteiger partial charge in [-0.15, -0.1) is 11.8 Å². The number of carbonyl (C=O) groups excluding carboxylic acids is 1. The van der Waals surface area contributed by atoms with Gasteiger partial charge in [0.25, 0.3) is 5.91 Å². The monoisotopic (exact) mass is 405 g/mol. The van der Waals surface area contributed by atoms with Gasteiger partial charge in [0.2, 0.25) is 0 Å². The minimum absolute atomic E-state index is 0.109. The molecule has 1 amide bonds. The predicted molar refractivity (Wildman–Crippen MR) is 125 cm³/mol. The molecule has 156 valence electrons. The van der Waals surface area contributed by atoms with Crippen molar-refractivity contribution in [2.24, 2.45) is 10.8 Å². The predicted octanol–water partition coefficient (Wildman–Crippen LogP) is 4.51. The number of nitrogens with zero attached hydrogens (tertiary/aromatic N) is 3. The summed E-state index contributed by atoms with van der Waals surface area (Å²) in [6, 6.07) is 0. The van der Waals surface area contributed by atoms with E-state index in [0.717, 1.165) is 24.0 Å². The molecule has 0 aliphatic carbocycles. The number of nitrogens with two attached hydrogens (primary N) is 1. The molecular weight excluding hydrogens is 370 g/mol. The molecule has 0 aliphatic rings. The molecule has 0 atom stereocenters. The number of carbonyl (C=O) groups is 1. The molecule has 0 aliphatic heterocycles. The van der Waals surface area contributed by atoms with Gasteiger partial charge in [-0.25, -0.2) is 5.84 Å². The first-order valence-corrected chi connectivity index (χ1v) is 10.2. The van der Waals surface area contributed by atoms with Gasteiger partial charge in [-0.3, -0.25) is 20.1 Å². The number of allylic oxidation sites excluding steroid dienone is 5. The van der Waals surface area contributed by atoms with E-state index < -0.39 is 0 Å². The molecule has 0 aromatic heterocycles. The summed E-state index contributed by atoms with van der Waals surface area (Å²) in [7, 11) is 1.72. The molecule has 0 aromatic rings. The van der Waals surface area contributed by atoms with Crippen molar-refractivity contribution in [1.29, 1.82) is 5.41 Å². The maximum Gasteiger partial charge on any atom is 0.265 e. The average Bonchev–Trinajstić information content (AvgIpc) is 2.69. The third-order valence-electron chi connectivity index (χ3n) is 3.33. The molecule has 0 saturated carbocycles. The quantitative estimate of drug-likeness (QED) is 0.140. The van der Waals surface area contributed by atoms with Crippen LogP contribution < -0.4 is 5.84 Å². The van der Waals surface area contributed by atoms with E-state index in [-0.39, 0.29) is 5.91 Å². The summed E-state index contributed by atoms with van der Waals surface area (Å²) < 4.78 is 0. The van der Waals surface area contributed by atoms with Gasteiger partial charge in [0, 0.05) is 31.7 Å². The Hall–Kier alpha value is -2.38. The van der Waals surface area contributed by atoms with E-state index in [1.54, 1.807) is 25.5 Å². The lowest BCUT2D eigenvalue weighted by Crippen LogP contribution is -2.30. The topological polar surface area (TPSA) is 85.8 Å². The van der Waals surface area contributed by atoms with E-state index in [1.807, 2.05) is 58.3 Å². The van der Waals surface area contributed by atoms with Gasteiger partial charge >= 0.3 is 0 Å². The second-order valence-corrected chi connectivity index (χ2v) is 6.38. The zero-order valence-electron chi connectivity index (χ0n) is 18.0. The third-order valence-corrected chi connectivity index (χ3v) is 4.11. The fourth-order valence-electron chi connectivity index (χ4n) is 1.56. The SMILES string of the molecule is C/C=C(C)\C=C/CN(C=N)C(=O)/C(=C/CC)SC.C=C(/C=C\N=CC)N(C)N. The van der Waals surface area contributed by atoms with E-state index in [4.69, 9.17) is 11.3 Å². The third kappa shape index (κ3) is 13.8. The molecule has 0 saturated heterocycles. The van der Waals surface area contributed by atoms with Crippen LogP contribution in [0.3, 0.4) is 0 Å². The Balaban J connectivity index is 0. The van der Waals surface area contributed by atoms with Crippen LogP contribution >= 0.6 is 11.8 Å². The minimum atomic E-state index is -0.109. The first kappa shape index (κ1) is 27.8. The van der Waals surface area contributed by atoms with Crippen molar-refractivity contribution in [3.05, 3.63) is 59.3 Å². The van der Waals surface area contributed by atoms with Crippen molar-refractivity contribution in [3.8, 4) is 0 Å². The lowest BCUT2D eigenvalue weighted by molar-refractivity contribution is -0.122. The molecule has 0 spiro atoms. The van der Waals surface area contributed by atoms with E-state index in [1.165, 1.54) is 21.7 Å². The van der Waals surface area contributed by atoms with Gasteiger partial charge in [-0.1, -0.05) is 43.4 Å². The number of hydrogen-bond acceptors (Lipinski definition) is 6. The second-order valence-electron chi connectivity index (χ2n) is 5.53. The Morgan fingerprint density at radius 1 is 1.32 bits per heavy atom. The van der Waals surface area contributed by atoms with Crippen LogP contribution in [0, 0.1) is 5.41 Å². The lowest BCUT2D eigenvalue weighted by Gasteiger charge is -2.16. The smallest absolute Gasteiger partial charge is 0.265 e. The van der Waals surface area contributed by atoms with Crippen molar-refractivity contribution < 1.29 is 4.79 Å². The number of hydrogen-bond donors (Lipinski definition) is 2. The maximum atomic E-state index is 12.1. The molecule has 7 heteroatoms. The van der Waals surface area contributed by atoms with Crippen molar-refractivity contribution in [2.45, 2.75) is 34.1 Å². The molecule has 0 unspecified atom stereocenters. The largest absolute Gasteiger partial charge is 0.315 e. The van der Waals surface area contributed by atoms with Crippen molar-refractivity contribution in [3.63, 3.8) is 0 Å². The fraction of sp³-hybridized carbons (Fsp3) is 0.381. The molecule has 0 bridgehead atoms. The highest BCUT2D eigenvalue weighted by Crippen LogP contribution is 2.15. The molecule has 28 heavy (non-hydrogen) atoms. The Morgan fingerprint density at radius 3 is 2.39 bits per heavy atom. The van der Waals surface area contributed by atoms with Gasteiger partial charge < -0.3 is 5.01 Å². The first-order chi connectivity index (χ1) is 13.3. The van der Waals surface area contributed by atoms with Crippen LogP contribution in [-0.2, 0) is 4.79 Å². The highest BCUT2D eigenvalue weighted by molar-refractivity contribution is 8.03.